The zero-order valence-corrected chi connectivity index (χ0v) is 12.6. The molecule has 2 rings (SSSR count). The third-order valence-electron chi connectivity index (χ3n) is 5.78. The quantitative estimate of drug-likeness (QED) is 0.571. The molecular formula is C17H28. The van der Waals surface area contributed by atoms with Gasteiger partial charge in [0.15, 0.2) is 0 Å². The van der Waals surface area contributed by atoms with Crippen LogP contribution in [0, 0.1) is 23.2 Å². The first-order valence-electron chi connectivity index (χ1n) is 7.18. The Bertz CT molecular complexity index is 392. The highest BCUT2D eigenvalue weighted by Gasteiger charge is 2.48. The Morgan fingerprint density at radius 1 is 1.12 bits per heavy atom. The second-order valence-electron chi connectivity index (χ2n) is 6.95. The number of rotatable bonds is 1. The molecule has 0 aromatic heterocycles. The highest BCUT2D eigenvalue weighted by atomic mass is 14.5. The van der Waals surface area contributed by atoms with Crippen molar-refractivity contribution in [1.82, 2.24) is 0 Å². The van der Waals surface area contributed by atoms with Crippen LogP contribution in [0.1, 0.15) is 61.3 Å². The van der Waals surface area contributed by atoms with E-state index in [1.54, 1.807) is 22.3 Å². The fourth-order valence-corrected chi connectivity index (χ4v) is 4.46. The Morgan fingerprint density at radius 2 is 1.71 bits per heavy atom. The molecule has 0 bridgehead atoms. The monoisotopic (exact) mass is 232 g/mol. The zero-order chi connectivity index (χ0) is 13.0. The van der Waals surface area contributed by atoms with Gasteiger partial charge in [0.05, 0.1) is 0 Å². The van der Waals surface area contributed by atoms with Gasteiger partial charge >= 0.3 is 0 Å². The highest BCUT2D eigenvalue weighted by molar-refractivity contribution is 5.44. The molecule has 0 nitrogen and oxygen atoms in total. The summed E-state index contributed by atoms with van der Waals surface area (Å²) in [6, 6.07) is 0. The Labute approximate surface area is 107 Å². The average molecular weight is 232 g/mol. The maximum atomic E-state index is 2.47. The molecule has 2 aliphatic rings. The summed E-state index contributed by atoms with van der Waals surface area (Å²) >= 11 is 0. The lowest BCUT2D eigenvalue weighted by atomic mass is 9.69. The van der Waals surface area contributed by atoms with Gasteiger partial charge in [-0.15, -0.1) is 0 Å². The fraction of sp³-hybridized carbons (Fsp3) is 0.765. The molecule has 0 heteroatoms. The molecule has 0 heterocycles. The van der Waals surface area contributed by atoms with Gasteiger partial charge in [0.1, 0.15) is 0 Å². The van der Waals surface area contributed by atoms with Gasteiger partial charge in [0, 0.05) is 0 Å². The van der Waals surface area contributed by atoms with E-state index in [1.807, 2.05) is 0 Å². The van der Waals surface area contributed by atoms with Crippen LogP contribution < -0.4 is 0 Å². The molecule has 1 saturated carbocycles. The molecule has 0 aromatic rings. The maximum Gasteiger partial charge on any atom is -0.0101 e. The van der Waals surface area contributed by atoms with Crippen molar-refractivity contribution in [3.63, 3.8) is 0 Å². The summed E-state index contributed by atoms with van der Waals surface area (Å²) in [5.41, 5.74) is 7.07. The van der Waals surface area contributed by atoms with E-state index in [-0.39, 0.29) is 0 Å². The lowest BCUT2D eigenvalue weighted by Crippen LogP contribution is -2.28. The van der Waals surface area contributed by atoms with Gasteiger partial charge in [0.25, 0.3) is 0 Å². The highest BCUT2D eigenvalue weighted by Crippen LogP contribution is 2.58. The fourth-order valence-electron chi connectivity index (χ4n) is 4.46. The molecule has 3 unspecified atom stereocenters. The van der Waals surface area contributed by atoms with Crippen molar-refractivity contribution in [2.45, 2.75) is 61.3 Å². The molecule has 17 heavy (non-hydrogen) atoms. The third-order valence-corrected chi connectivity index (χ3v) is 5.78. The zero-order valence-electron chi connectivity index (χ0n) is 12.6. The van der Waals surface area contributed by atoms with E-state index in [0.717, 1.165) is 17.8 Å². The first-order chi connectivity index (χ1) is 7.81. The van der Waals surface area contributed by atoms with Crippen molar-refractivity contribution in [2.75, 3.05) is 0 Å². The lowest BCUT2D eigenvalue weighted by molar-refractivity contribution is 0.188. The Kier molecular flexibility index (Phi) is 3.04. The van der Waals surface area contributed by atoms with Crippen molar-refractivity contribution >= 4 is 0 Å². The third kappa shape index (κ3) is 1.72. The molecular weight excluding hydrogens is 204 g/mol. The largest absolute Gasteiger partial charge is 0.0667 e. The van der Waals surface area contributed by atoms with Crippen molar-refractivity contribution < 1.29 is 0 Å². The smallest absolute Gasteiger partial charge is 0.0101 e. The van der Waals surface area contributed by atoms with Crippen LogP contribution in [0.25, 0.3) is 0 Å². The van der Waals surface area contributed by atoms with Crippen LogP contribution in [0.4, 0.5) is 0 Å². The van der Waals surface area contributed by atoms with E-state index < -0.39 is 0 Å². The Hall–Kier alpha value is -0.520. The standard InChI is InChI=1S/C17H28/c1-8-15-16-13(5)11(3)10(2)12(4)14(16)9-17(15,6)7/h13,15-16H,8-9H2,1-7H3. The maximum absolute atomic E-state index is 2.47. The van der Waals surface area contributed by atoms with Crippen molar-refractivity contribution in [3.8, 4) is 0 Å². The molecule has 0 aromatic carbocycles. The van der Waals surface area contributed by atoms with Crippen LogP contribution in [0.15, 0.2) is 22.3 Å². The van der Waals surface area contributed by atoms with Crippen LogP contribution in [0.5, 0.6) is 0 Å². The van der Waals surface area contributed by atoms with E-state index in [0.29, 0.717) is 5.41 Å². The first kappa shape index (κ1) is 12.9. The first-order valence-corrected chi connectivity index (χ1v) is 7.18. The van der Waals surface area contributed by atoms with Gasteiger partial charge in [-0.25, -0.2) is 0 Å². The minimum Gasteiger partial charge on any atom is -0.0667 e. The van der Waals surface area contributed by atoms with Crippen LogP contribution in [-0.2, 0) is 0 Å². The molecule has 2 aliphatic carbocycles. The lowest BCUT2D eigenvalue weighted by Gasteiger charge is -2.36. The summed E-state index contributed by atoms with van der Waals surface area (Å²) < 4.78 is 0. The Morgan fingerprint density at radius 3 is 2.24 bits per heavy atom. The summed E-state index contributed by atoms with van der Waals surface area (Å²) in [6.45, 7) is 16.8. The summed E-state index contributed by atoms with van der Waals surface area (Å²) in [7, 11) is 0. The van der Waals surface area contributed by atoms with Crippen molar-refractivity contribution in [1.29, 1.82) is 0 Å². The van der Waals surface area contributed by atoms with E-state index in [2.05, 4.69) is 48.5 Å². The summed E-state index contributed by atoms with van der Waals surface area (Å²) in [5, 5.41) is 0. The molecule has 0 saturated heterocycles. The van der Waals surface area contributed by atoms with E-state index >= 15 is 0 Å². The van der Waals surface area contributed by atoms with Crippen molar-refractivity contribution in [2.24, 2.45) is 23.2 Å². The van der Waals surface area contributed by atoms with Gasteiger partial charge in [0.2, 0.25) is 0 Å². The SMILES string of the molecule is CCC1C2C(=C(C)C(C)=C(C)C2C)CC1(C)C. The molecule has 0 radical (unpaired) electrons. The van der Waals surface area contributed by atoms with Crippen LogP contribution in [-0.4, -0.2) is 0 Å². The second kappa shape index (κ2) is 4.00. The van der Waals surface area contributed by atoms with E-state index in [4.69, 9.17) is 0 Å². The molecule has 3 atom stereocenters. The van der Waals surface area contributed by atoms with Crippen LogP contribution in [0.3, 0.4) is 0 Å². The van der Waals surface area contributed by atoms with Gasteiger partial charge in [-0.05, 0) is 61.5 Å². The van der Waals surface area contributed by atoms with E-state index in [9.17, 15) is 0 Å². The molecule has 0 N–H and O–H groups in total. The van der Waals surface area contributed by atoms with Crippen molar-refractivity contribution in [3.05, 3.63) is 22.3 Å². The van der Waals surface area contributed by atoms with Gasteiger partial charge in [-0.1, -0.05) is 45.3 Å². The molecule has 0 aliphatic heterocycles. The van der Waals surface area contributed by atoms with Crippen LogP contribution in [0.2, 0.25) is 0 Å². The number of allylic oxidation sites excluding steroid dienone is 4. The average Bonchev–Trinajstić information content (AvgIpc) is 2.54. The number of hydrogen-bond donors (Lipinski definition) is 0. The minimum absolute atomic E-state index is 0.495. The number of fused-ring (bicyclic) bond motifs is 1. The van der Waals surface area contributed by atoms with Gasteiger partial charge in [-0.2, -0.15) is 0 Å². The number of hydrogen-bond acceptors (Lipinski definition) is 0. The van der Waals surface area contributed by atoms with Gasteiger partial charge < -0.3 is 0 Å². The van der Waals surface area contributed by atoms with Gasteiger partial charge in [-0.3, -0.25) is 0 Å². The molecule has 0 amide bonds. The Balaban J connectivity index is 2.52. The normalized spacial score (nSPS) is 36.5. The van der Waals surface area contributed by atoms with Crippen LogP contribution >= 0.6 is 0 Å². The summed E-state index contributed by atoms with van der Waals surface area (Å²) in [6.07, 6.45) is 2.64. The van der Waals surface area contributed by atoms with E-state index in [1.165, 1.54) is 12.8 Å². The topological polar surface area (TPSA) is 0 Å². The predicted molar refractivity (Wildman–Crippen MR) is 75.9 cm³/mol. The summed E-state index contributed by atoms with van der Waals surface area (Å²) in [5.74, 6) is 2.43. The molecule has 96 valence electrons. The molecule has 0 spiro atoms. The minimum atomic E-state index is 0.495. The summed E-state index contributed by atoms with van der Waals surface area (Å²) in [4.78, 5) is 0. The second-order valence-corrected chi connectivity index (χ2v) is 6.95. The predicted octanol–water partition coefficient (Wildman–Crippen LogP) is 5.36. The molecule has 1 fully saturated rings.